The van der Waals surface area contributed by atoms with Gasteiger partial charge in [0.05, 0.1) is 10.7 Å². The Hall–Kier alpha value is -1.17. The number of alkyl halides is 4. The molecule has 0 aliphatic rings. The minimum Gasteiger partial charge on any atom is -0.406 e. The van der Waals surface area contributed by atoms with Crippen molar-refractivity contribution in [3.63, 3.8) is 0 Å². The molecule has 8 heteroatoms. The fourth-order valence-electron chi connectivity index (χ4n) is 1.58. The summed E-state index contributed by atoms with van der Waals surface area (Å²) in [6.07, 6.45) is -3.15. The molecule has 2 nitrogen and oxygen atoms in total. The van der Waals surface area contributed by atoms with E-state index >= 15 is 0 Å². The van der Waals surface area contributed by atoms with Gasteiger partial charge in [-0.25, -0.2) is 0 Å². The SMILES string of the molecule is Cl.FC(F)(F)Oc1ccc(-c2ncc(CCl)cc2Cl)cc1. The van der Waals surface area contributed by atoms with Gasteiger partial charge < -0.3 is 4.74 Å². The summed E-state index contributed by atoms with van der Waals surface area (Å²) >= 11 is 11.7. The minimum atomic E-state index is -4.71. The molecule has 0 fully saturated rings. The van der Waals surface area contributed by atoms with Crippen LogP contribution in [0.25, 0.3) is 11.3 Å². The van der Waals surface area contributed by atoms with Gasteiger partial charge in [0.1, 0.15) is 5.75 Å². The molecule has 0 N–H and O–H groups in total. The first kappa shape index (κ1) is 17.9. The zero-order valence-corrected chi connectivity index (χ0v) is 12.7. The number of ether oxygens (including phenoxy) is 1. The van der Waals surface area contributed by atoms with Gasteiger partial charge in [-0.05, 0) is 35.9 Å². The molecule has 0 saturated carbocycles. The summed E-state index contributed by atoms with van der Waals surface area (Å²) in [6, 6.07) is 6.98. The van der Waals surface area contributed by atoms with Crippen molar-refractivity contribution in [2.24, 2.45) is 0 Å². The van der Waals surface area contributed by atoms with Crippen molar-refractivity contribution >= 4 is 35.6 Å². The first-order chi connectivity index (χ1) is 9.39. The molecule has 1 heterocycles. The van der Waals surface area contributed by atoms with Gasteiger partial charge in [0.15, 0.2) is 0 Å². The van der Waals surface area contributed by atoms with Crippen LogP contribution in [0.5, 0.6) is 5.75 Å². The molecule has 0 aliphatic carbocycles. The second-order valence-corrected chi connectivity index (χ2v) is 4.55. The second kappa shape index (κ2) is 7.20. The van der Waals surface area contributed by atoms with E-state index in [1.165, 1.54) is 24.3 Å². The van der Waals surface area contributed by atoms with Gasteiger partial charge in [0.2, 0.25) is 0 Å². The maximum Gasteiger partial charge on any atom is 0.573 e. The molecule has 1 aromatic carbocycles. The van der Waals surface area contributed by atoms with Crippen LogP contribution in [0.1, 0.15) is 5.56 Å². The second-order valence-electron chi connectivity index (χ2n) is 3.88. The summed E-state index contributed by atoms with van der Waals surface area (Å²) in [5.41, 5.74) is 1.82. The Labute approximate surface area is 135 Å². The van der Waals surface area contributed by atoms with E-state index in [1.54, 1.807) is 12.3 Å². The highest BCUT2D eigenvalue weighted by Crippen LogP contribution is 2.29. The molecule has 0 radical (unpaired) electrons. The van der Waals surface area contributed by atoms with E-state index in [9.17, 15) is 13.2 Å². The van der Waals surface area contributed by atoms with Gasteiger partial charge in [-0.2, -0.15) is 0 Å². The Kier molecular flexibility index (Phi) is 6.13. The van der Waals surface area contributed by atoms with Crippen LogP contribution >= 0.6 is 35.6 Å². The molecular weight excluding hydrogens is 350 g/mol. The fourth-order valence-corrected chi connectivity index (χ4v) is 2.02. The highest BCUT2D eigenvalue weighted by Gasteiger charge is 2.30. The molecule has 1 aromatic heterocycles. The highest BCUT2D eigenvalue weighted by atomic mass is 35.5. The quantitative estimate of drug-likeness (QED) is 0.680. The first-order valence-electron chi connectivity index (χ1n) is 5.45. The van der Waals surface area contributed by atoms with E-state index in [0.717, 1.165) is 5.56 Å². The van der Waals surface area contributed by atoms with Crippen LogP contribution in [0.4, 0.5) is 13.2 Å². The topological polar surface area (TPSA) is 22.1 Å². The number of nitrogens with zero attached hydrogens (tertiary/aromatic N) is 1. The average Bonchev–Trinajstić information content (AvgIpc) is 2.38. The minimum absolute atomic E-state index is 0. The van der Waals surface area contributed by atoms with Crippen LogP contribution in [0.2, 0.25) is 5.02 Å². The number of aromatic nitrogens is 1. The number of hydrogen-bond donors (Lipinski definition) is 0. The first-order valence-corrected chi connectivity index (χ1v) is 6.37. The average molecular weight is 359 g/mol. The van der Waals surface area contributed by atoms with Crippen LogP contribution in [0, 0.1) is 0 Å². The molecule has 114 valence electrons. The standard InChI is InChI=1S/C13H8Cl2F3NO.ClH/c14-6-8-5-11(15)12(19-7-8)9-1-3-10(4-2-9)20-13(16,17)18;/h1-5,7H,6H2;1H. The molecule has 0 spiro atoms. The number of benzene rings is 1. The Balaban J connectivity index is 0.00000220. The largest absolute Gasteiger partial charge is 0.573 e. The lowest BCUT2D eigenvalue weighted by Crippen LogP contribution is -2.16. The number of hydrogen-bond acceptors (Lipinski definition) is 2. The van der Waals surface area contributed by atoms with Crippen LogP contribution in [-0.2, 0) is 5.88 Å². The van der Waals surface area contributed by atoms with Gasteiger partial charge in [0, 0.05) is 17.6 Å². The Morgan fingerprint density at radius 2 is 1.76 bits per heavy atom. The third kappa shape index (κ3) is 4.95. The lowest BCUT2D eigenvalue weighted by atomic mass is 10.1. The summed E-state index contributed by atoms with van der Waals surface area (Å²) in [7, 11) is 0. The van der Waals surface area contributed by atoms with Gasteiger partial charge in [-0.3, -0.25) is 4.98 Å². The van der Waals surface area contributed by atoms with E-state index in [2.05, 4.69) is 9.72 Å². The molecule has 0 saturated heterocycles. The van der Waals surface area contributed by atoms with Crippen molar-refractivity contribution in [1.29, 1.82) is 0 Å². The summed E-state index contributed by atoms with van der Waals surface area (Å²) in [4.78, 5) is 4.14. The lowest BCUT2D eigenvalue weighted by molar-refractivity contribution is -0.274. The smallest absolute Gasteiger partial charge is 0.406 e. The van der Waals surface area contributed by atoms with E-state index in [0.29, 0.717) is 16.3 Å². The number of pyridine rings is 1. The Morgan fingerprint density at radius 1 is 1.14 bits per heavy atom. The number of rotatable bonds is 3. The maximum atomic E-state index is 12.0. The molecule has 2 aromatic rings. The molecule has 0 unspecified atom stereocenters. The van der Waals surface area contributed by atoms with Crippen LogP contribution in [-0.4, -0.2) is 11.3 Å². The highest BCUT2D eigenvalue weighted by molar-refractivity contribution is 6.33. The summed E-state index contributed by atoms with van der Waals surface area (Å²) < 4.78 is 39.9. The van der Waals surface area contributed by atoms with Crippen molar-refractivity contribution in [3.05, 3.63) is 47.1 Å². The summed E-state index contributed by atoms with van der Waals surface area (Å²) in [5.74, 6) is -0.0134. The van der Waals surface area contributed by atoms with Crippen LogP contribution < -0.4 is 4.74 Å². The monoisotopic (exact) mass is 357 g/mol. The fraction of sp³-hybridized carbons (Fsp3) is 0.154. The zero-order valence-electron chi connectivity index (χ0n) is 10.3. The Bertz CT molecular complexity index is 603. The molecule has 2 rings (SSSR count). The van der Waals surface area contributed by atoms with Crippen molar-refractivity contribution in [3.8, 4) is 17.0 Å². The summed E-state index contributed by atoms with van der Waals surface area (Å²) in [5, 5.41) is 0.382. The van der Waals surface area contributed by atoms with Crippen LogP contribution in [0.3, 0.4) is 0 Å². The van der Waals surface area contributed by atoms with Crippen molar-refractivity contribution in [1.82, 2.24) is 4.98 Å². The molecule has 0 bridgehead atoms. The molecule has 0 amide bonds. The van der Waals surface area contributed by atoms with Crippen molar-refractivity contribution in [2.45, 2.75) is 12.2 Å². The normalized spacial score (nSPS) is 10.9. The predicted molar refractivity (Wildman–Crippen MR) is 78.2 cm³/mol. The summed E-state index contributed by atoms with van der Waals surface area (Å²) in [6.45, 7) is 0. The van der Waals surface area contributed by atoms with Crippen molar-refractivity contribution < 1.29 is 17.9 Å². The zero-order chi connectivity index (χ0) is 14.8. The van der Waals surface area contributed by atoms with Gasteiger partial charge in [-0.1, -0.05) is 11.6 Å². The van der Waals surface area contributed by atoms with Gasteiger partial charge in [0.25, 0.3) is 0 Å². The number of halogens is 6. The van der Waals surface area contributed by atoms with Crippen molar-refractivity contribution in [2.75, 3.05) is 0 Å². The molecule has 21 heavy (non-hydrogen) atoms. The third-order valence-corrected chi connectivity index (χ3v) is 3.01. The van der Waals surface area contributed by atoms with Gasteiger partial charge in [-0.15, -0.1) is 37.2 Å². The van der Waals surface area contributed by atoms with E-state index in [4.69, 9.17) is 23.2 Å². The van der Waals surface area contributed by atoms with E-state index in [1.807, 2.05) is 0 Å². The lowest BCUT2D eigenvalue weighted by Gasteiger charge is -2.10. The van der Waals surface area contributed by atoms with Crippen LogP contribution in [0.15, 0.2) is 36.5 Å². The van der Waals surface area contributed by atoms with E-state index < -0.39 is 6.36 Å². The molecule has 0 aliphatic heterocycles. The predicted octanol–water partition coefficient (Wildman–Crippen LogP) is 5.46. The maximum absolute atomic E-state index is 12.0. The van der Waals surface area contributed by atoms with Gasteiger partial charge >= 0.3 is 6.36 Å². The third-order valence-electron chi connectivity index (χ3n) is 2.41. The molecule has 0 atom stereocenters. The Morgan fingerprint density at radius 3 is 2.24 bits per heavy atom. The molecular formula is C13H9Cl3F3NO. The van der Waals surface area contributed by atoms with E-state index in [-0.39, 0.29) is 24.0 Å².